The first kappa shape index (κ1) is 20.8. The lowest BCUT2D eigenvalue weighted by Gasteiger charge is -2.12. The Bertz CT molecular complexity index is 434. The molecule has 136 valence electrons. The van der Waals surface area contributed by atoms with E-state index in [1.54, 1.807) is 0 Å². The lowest BCUT2D eigenvalue weighted by molar-refractivity contribution is 0.389. The van der Waals surface area contributed by atoms with Gasteiger partial charge in [-0.1, -0.05) is 37.5 Å². The van der Waals surface area contributed by atoms with Crippen molar-refractivity contribution in [3.05, 3.63) is 30.3 Å². The molecule has 0 radical (unpaired) electrons. The minimum Gasteiger partial charge on any atom is -0.356 e. The van der Waals surface area contributed by atoms with E-state index in [9.17, 15) is 0 Å². The third kappa shape index (κ3) is 11.4. The molecule has 0 bridgehead atoms. The van der Waals surface area contributed by atoms with Crippen molar-refractivity contribution >= 4 is 17.7 Å². The third-order valence-corrected chi connectivity index (χ3v) is 4.72. The average Bonchev–Trinajstić information content (AvgIpc) is 2.59. The van der Waals surface area contributed by atoms with E-state index in [2.05, 4.69) is 65.0 Å². The molecule has 0 aliphatic rings. The molecule has 0 saturated carbocycles. The number of nitrogens with one attached hydrogen (secondary N) is 2. The fraction of sp³-hybridized carbons (Fsp3) is 0.632. The van der Waals surface area contributed by atoms with E-state index in [1.807, 2.05) is 18.8 Å². The zero-order chi connectivity index (χ0) is 17.5. The molecule has 0 heterocycles. The first-order valence-electron chi connectivity index (χ1n) is 8.99. The van der Waals surface area contributed by atoms with Crippen LogP contribution >= 0.6 is 11.8 Å². The summed E-state index contributed by atoms with van der Waals surface area (Å²) in [5, 5.41) is 6.77. The summed E-state index contributed by atoms with van der Waals surface area (Å²) in [6.45, 7) is 3.12. The van der Waals surface area contributed by atoms with Crippen LogP contribution in [0.5, 0.6) is 0 Å². The van der Waals surface area contributed by atoms with Gasteiger partial charge in [-0.25, -0.2) is 0 Å². The topological polar surface area (TPSA) is 39.7 Å². The number of rotatable bonds is 12. The third-order valence-electron chi connectivity index (χ3n) is 3.70. The van der Waals surface area contributed by atoms with E-state index in [1.165, 1.54) is 43.5 Å². The molecular weight excluding hydrogens is 316 g/mol. The molecule has 0 aliphatic carbocycles. The molecule has 0 fully saturated rings. The smallest absolute Gasteiger partial charge is 0.191 e. The molecule has 4 nitrogen and oxygen atoms in total. The van der Waals surface area contributed by atoms with Crippen LogP contribution in [0, 0.1) is 0 Å². The molecule has 1 aromatic carbocycles. The van der Waals surface area contributed by atoms with Crippen molar-refractivity contribution in [2.24, 2.45) is 4.99 Å². The summed E-state index contributed by atoms with van der Waals surface area (Å²) in [5.41, 5.74) is 0. The Hall–Kier alpha value is -1.20. The van der Waals surface area contributed by atoms with Gasteiger partial charge in [0, 0.05) is 30.8 Å². The van der Waals surface area contributed by atoms with Crippen LogP contribution in [0.2, 0.25) is 0 Å². The molecule has 24 heavy (non-hydrogen) atoms. The highest BCUT2D eigenvalue weighted by molar-refractivity contribution is 7.99. The Morgan fingerprint density at radius 3 is 2.33 bits per heavy atom. The number of hydrogen-bond donors (Lipinski definition) is 2. The number of aliphatic imine (C=N–C) groups is 1. The van der Waals surface area contributed by atoms with Crippen LogP contribution < -0.4 is 10.6 Å². The predicted octanol–water partition coefficient (Wildman–Crippen LogP) is 3.46. The summed E-state index contributed by atoms with van der Waals surface area (Å²) in [7, 11) is 6.11. The van der Waals surface area contributed by atoms with Crippen LogP contribution in [0.1, 0.15) is 32.1 Å². The number of hydrogen-bond acceptors (Lipinski definition) is 3. The Morgan fingerprint density at radius 2 is 1.62 bits per heavy atom. The van der Waals surface area contributed by atoms with Gasteiger partial charge in [0.25, 0.3) is 0 Å². The highest BCUT2D eigenvalue weighted by atomic mass is 32.2. The van der Waals surface area contributed by atoms with Crippen LogP contribution in [0.25, 0.3) is 0 Å². The Balaban J connectivity index is 1.97. The second-order valence-electron chi connectivity index (χ2n) is 6.16. The molecule has 1 aromatic rings. The molecule has 0 unspecified atom stereocenters. The van der Waals surface area contributed by atoms with Gasteiger partial charge in [-0.05, 0) is 45.6 Å². The maximum atomic E-state index is 4.28. The van der Waals surface area contributed by atoms with Crippen molar-refractivity contribution in [1.82, 2.24) is 15.5 Å². The second kappa shape index (κ2) is 14.2. The Morgan fingerprint density at radius 1 is 0.958 bits per heavy atom. The van der Waals surface area contributed by atoms with E-state index in [-0.39, 0.29) is 0 Å². The van der Waals surface area contributed by atoms with Crippen molar-refractivity contribution in [3.8, 4) is 0 Å². The summed E-state index contributed by atoms with van der Waals surface area (Å²) in [4.78, 5) is 7.85. The summed E-state index contributed by atoms with van der Waals surface area (Å²) >= 11 is 1.87. The van der Waals surface area contributed by atoms with Crippen molar-refractivity contribution in [2.75, 3.05) is 46.5 Å². The van der Waals surface area contributed by atoms with E-state index in [0.717, 1.165) is 24.8 Å². The predicted molar refractivity (Wildman–Crippen MR) is 108 cm³/mol. The van der Waals surface area contributed by atoms with Gasteiger partial charge in [-0.2, -0.15) is 0 Å². The molecule has 0 saturated heterocycles. The van der Waals surface area contributed by atoms with Crippen LogP contribution in [0.3, 0.4) is 0 Å². The lowest BCUT2D eigenvalue weighted by atomic mass is 10.1. The molecule has 0 amide bonds. The van der Waals surface area contributed by atoms with Crippen LogP contribution in [-0.4, -0.2) is 57.4 Å². The highest BCUT2D eigenvalue weighted by Gasteiger charge is 1.98. The second-order valence-corrected chi connectivity index (χ2v) is 7.33. The number of thioether (sulfide) groups is 1. The molecular formula is C19H34N4S. The normalized spacial score (nSPS) is 11.8. The minimum atomic E-state index is 0.913. The van der Waals surface area contributed by atoms with Crippen molar-refractivity contribution in [1.29, 1.82) is 0 Å². The van der Waals surface area contributed by atoms with E-state index >= 15 is 0 Å². The van der Waals surface area contributed by atoms with Crippen molar-refractivity contribution in [2.45, 2.75) is 37.0 Å². The zero-order valence-corrected chi connectivity index (χ0v) is 16.4. The lowest BCUT2D eigenvalue weighted by Crippen LogP contribution is -2.38. The van der Waals surface area contributed by atoms with Gasteiger partial charge in [0.2, 0.25) is 0 Å². The first-order valence-corrected chi connectivity index (χ1v) is 9.98. The quantitative estimate of drug-likeness (QED) is 0.262. The van der Waals surface area contributed by atoms with Crippen LogP contribution in [0.15, 0.2) is 40.2 Å². The summed E-state index contributed by atoms with van der Waals surface area (Å²) in [6.07, 6.45) is 6.47. The SMILES string of the molecule is CN=C(NCCCCCCCN(C)C)NCCSc1ccccc1. The summed E-state index contributed by atoms with van der Waals surface area (Å²) < 4.78 is 0. The largest absolute Gasteiger partial charge is 0.356 e. The molecule has 0 spiro atoms. The molecule has 0 aromatic heterocycles. The Kier molecular flexibility index (Phi) is 12.3. The molecule has 5 heteroatoms. The van der Waals surface area contributed by atoms with Gasteiger partial charge in [0.15, 0.2) is 5.96 Å². The fourth-order valence-electron chi connectivity index (χ4n) is 2.37. The molecule has 0 atom stereocenters. The number of unbranched alkanes of at least 4 members (excludes halogenated alkanes) is 4. The van der Waals surface area contributed by atoms with E-state index in [4.69, 9.17) is 0 Å². The van der Waals surface area contributed by atoms with Crippen molar-refractivity contribution in [3.63, 3.8) is 0 Å². The highest BCUT2D eigenvalue weighted by Crippen LogP contribution is 2.15. The average molecular weight is 351 g/mol. The van der Waals surface area contributed by atoms with Crippen molar-refractivity contribution < 1.29 is 0 Å². The number of nitrogens with zero attached hydrogens (tertiary/aromatic N) is 2. The van der Waals surface area contributed by atoms with E-state index in [0.29, 0.717) is 0 Å². The van der Waals surface area contributed by atoms with Crippen LogP contribution in [-0.2, 0) is 0 Å². The van der Waals surface area contributed by atoms with Gasteiger partial charge >= 0.3 is 0 Å². The standard InChI is InChI=1S/C19H34N4S/c1-20-19(21-14-10-5-4-6-11-16-23(2)3)22-15-17-24-18-12-8-7-9-13-18/h7-9,12-13H,4-6,10-11,14-17H2,1-3H3,(H2,20,21,22). The monoisotopic (exact) mass is 350 g/mol. The molecule has 1 rings (SSSR count). The number of benzene rings is 1. The summed E-state index contributed by atoms with van der Waals surface area (Å²) in [6, 6.07) is 10.5. The molecule has 2 N–H and O–H groups in total. The van der Waals surface area contributed by atoms with E-state index < -0.39 is 0 Å². The van der Waals surface area contributed by atoms with Crippen LogP contribution in [0.4, 0.5) is 0 Å². The van der Waals surface area contributed by atoms with Gasteiger partial charge in [0.1, 0.15) is 0 Å². The van der Waals surface area contributed by atoms with Gasteiger partial charge in [-0.3, -0.25) is 4.99 Å². The summed E-state index contributed by atoms with van der Waals surface area (Å²) in [5.74, 6) is 1.95. The maximum absolute atomic E-state index is 4.28. The first-order chi connectivity index (χ1) is 11.7. The van der Waals surface area contributed by atoms with Gasteiger partial charge in [0.05, 0.1) is 0 Å². The van der Waals surface area contributed by atoms with Gasteiger partial charge in [-0.15, -0.1) is 11.8 Å². The fourth-order valence-corrected chi connectivity index (χ4v) is 3.16. The minimum absolute atomic E-state index is 0.913. The zero-order valence-electron chi connectivity index (χ0n) is 15.6. The number of guanidine groups is 1. The maximum Gasteiger partial charge on any atom is 0.191 e. The van der Waals surface area contributed by atoms with Gasteiger partial charge < -0.3 is 15.5 Å². The molecule has 0 aliphatic heterocycles. The Labute approximate surface area is 152 Å².